The molecule has 4 rings (SSSR count). The molecule has 0 amide bonds. The fourth-order valence-corrected chi connectivity index (χ4v) is 4.53. The van der Waals surface area contributed by atoms with Gasteiger partial charge in [0.25, 0.3) is 0 Å². The van der Waals surface area contributed by atoms with Crippen LogP contribution < -0.4 is 10.1 Å². The number of rotatable bonds is 4. The Morgan fingerprint density at radius 1 is 1.16 bits per heavy atom. The van der Waals surface area contributed by atoms with Crippen LogP contribution in [0.2, 0.25) is 0 Å². The van der Waals surface area contributed by atoms with Crippen molar-refractivity contribution < 1.29 is 13.9 Å². The van der Waals surface area contributed by atoms with Crippen LogP contribution >= 0.6 is 0 Å². The normalized spacial score (nSPS) is 27.0. The van der Waals surface area contributed by atoms with Gasteiger partial charge in [-0.15, -0.1) is 0 Å². The zero-order chi connectivity index (χ0) is 17.1. The Kier molecular flexibility index (Phi) is 5.25. The van der Waals surface area contributed by atoms with Crippen LogP contribution in [0, 0.1) is 0 Å². The van der Waals surface area contributed by atoms with E-state index < -0.39 is 0 Å². The van der Waals surface area contributed by atoms with Gasteiger partial charge in [0.1, 0.15) is 18.0 Å². The lowest BCUT2D eigenvalue weighted by Gasteiger charge is -2.47. The molecule has 1 aromatic rings. The highest BCUT2D eigenvalue weighted by Gasteiger charge is 2.43. The van der Waals surface area contributed by atoms with E-state index in [1.165, 1.54) is 5.56 Å². The highest BCUT2D eigenvalue weighted by molar-refractivity contribution is 5.39. The maximum Gasteiger partial charge on any atom is 0.124 e. The smallest absolute Gasteiger partial charge is 0.124 e. The number of para-hydroxylation sites is 1. The van der Waals surface area contributed by atoms with Crippen LogP contribution in [0.5, 0.6) is 5.75 Å². The third-order valence-corrected chi connectivity index (χ3v) is 6.02. The van der Waals surface area contributed by atoms with Crippen molar-refractivity contribution in [3.63, 3.8) is 0 Å². The third kappa shape index (κ3) is 3.83. The number of fused-ring (bicyclic) bond motifs is 1. The van der Waals surface area contributed by atoms with E-state index >= 15 is 0 Å². The molecule has 1 aromatic carbocycles. The standard InChI is InChI=1S/C20H29FN2O2/c21-9-12-23-10-7-20(8-11-23)15-18(22-16-5-13-24-14-6-16)17-3-1-2-4-19(17)25-20/h1-4,16,18,22H,5-15H2/t18-/m1/s1. The first-order chi connectivity index (χ1) is 12.3. The molecule has 0 radical (unpaired) electrons. The second-order valence-corrected chi connectivity index (χ2v) is 7.66. The predicted octanol–water partition coefficient (Wildman–Crippen LogP) is 3.08. The summed E-state index contributed by atoms with van der Waals surface area (Å²) in [5, 5.41) is 3.89. The van der Waals surface area contributed by atoms with Crippen LogP contribution in [-0.2, 0) is 4.74 Å². The first-order valence-corrected chi connectivity index (χ1v) is 9.68. The van der Waals surface area contributed by atoms with E-state index in [0.29, 0.717) is 18.6 Å². The van der Waals surface area contributed by atoms with Crippen LogP contribution in [-0.4, -0.2) is 56.1 Å². The molecule has 0 saturated carbocycles. The van der Waals surface area contributed by atoms with Gasteiger partial charge in [-0.05, 0) is 31.7 Å². The van der Waals surface area contributed by atoms with Crippen molar-refractivity contribution in [3.05, 3.63) is 29.8 Å². The molecule has 138 valence electrons. The quantitative estimate of drug-likeness (QED) is 0.907. The Bertz CT molecular complexity index is 569. The van der Waals surface area contributed by atoms with Crippen LogP contribution in [0.4, 0.5) is 4.39 Å². The van der Waals surface area contributed by atoms with Gasteiger partial charge in [-0.2, -0.15) is 0 Å². The van der Waals surface area contributed by atoms with Gasteiger partial charge in [0.15, 0.2) is 0 Å². The lowest BCUT2D eigenvalue weighted by Crippen LogP contribution is -2.53. The summed E-state index contributed by atoms with van der Waals surface area (Å²) in [5.41, 5.74) is 1.18. The Hall–Kier alpha value is -1.17. The number of nitrogens with zero attached hydrogens (tertiary/aromatic N) is 1. The van der Waals surface area contributed by atoms with Crippen molar-refractivity contribution in [1.82, 2.24) is 10.2 Å². The van der Waals surface area contributed by atoms with E-state index in [2.05, 4.69) is 34.5 Å². The number of likely N-dealkylation sites (tertiary alicyclic amines) is 1. The van der Waals surface area contributed by atoms with Gasteiger partial charge in [0.2, 0.25) is 0 Å². The van der Waals surface area contributed by atoms with Gasteiger partial charge in [-0.1, -0.05) is 18.2 Å². The second kappa shape index (κ2) is 7.60. The van der Waals surface area contributed by atoms with Crippen molar-refractivity contribution in [2.24, 2.45) is 0 Å². The van der Waals surface area contributed by atoms with Gasteiger partial charge in [-0.3, -0.25) is 0 Å². The second-order valence-electron chi connectivity index (χ2n) is 7.66. The Balaban J connectivity index is 1.50. The number of ether oxygens (including phenoxy) is 2. The highest BCUT2D eigenvalue weighted by Crippen LogP contribution is 2.44. The largest absolute Gasteiger partial charge is 0.487 e. The maximum absolute atomic E-state index is 12.6. The molecule has 4 nitrogen and oxygen atoms in total. The SMILES string of the molecule is FCCN1CCC2(CC1)C[C@@H](NC1CCOCC1)c1ccccc1O2. The Morgan fingerprint density at radius 3 is 2.68 bits per heavy atom. The molecule has 2 fully saturated rings. The molecular weight excluding hydrogens is 319 g/mol. The Labute approximate surface area is 149 Å². The first kappa shape index (κ1) is 17.3. The van der Waals surface area contributed by atoms with Crippen LogP contribution in [0.25, 0.3) is 0 Å². The predicted molar refractivity (Wildman–Crippen MR) is 95.8 cm³/mol. The van der Waals surface area contributed by atoms with E-state index in [9.17, 15) is 4.39 Å². The van der Waals surface area contributed by atoms with Crippen molar-refractivity contribution in [3.8, 4) is 5.75 Å². The molecule has 1 spiro atoms. The molecule has 2 saturated heterocycles. The van der Waals surface area contributed by atoms with Crippen molar-refractivity contribution in [1.29, 1.82) is 0 Å². The van der Waals surface area contributed by atoms with Crippen LogP contribution in [0.15, 0.2) is 24.3 Å². The number of alkyl halides is 1. The lowest BCUT2D eigenvalue weighted by atomic mass is 9.80. The summed E-state index contributed by atoms with van der Waals surface area (Å²) in [6.07, 6.45) is 5.12. The summed E-state index contributed by atoms with van der Waals surface area (Å²) < 4.78 is 24.7. The molecular formula is C20H29FN2O2. The van der Waals surface area contributed by atoms with Crippen LogP contribution in [0.3, 0.4) is 0 Å². The van der Waals surface area contributed by atoms with Gasteiger partial charge in [-0.25, -0.2) is 4.39 Å². The van der Waals surface area contributed by atoms with Gasteiger partial charge < -0.3 is 19.7 Å². The van der Waals surface area contributed by atoms with Gasteiger partial charge in [0, 0.05) is 56.9 Å². The molecule has 25 heavy (non-hydrogen) atoms. The molecule has 1 N–H and O–H groups in total. The number of benzene rings is 1. The zero-order valence-electron chi connectivity index (χ0n) is 14.9. The number of piperidine rings is 1. The van der Waals surface area contributed by atoms with Gasteiger partial charge in [0.05, 0.1) is 0 Å². The number of hydrogen-bond donors (Lipinski definition) is 1. The average molecular weight is 348 g/mol. The van der Waals surface area contributed by atoms with E-state index in [1.54, 1.807) is 0 Å². The third-order valence-electron chi connectivity index (χ3n) is 6.02. The fraction of sp³-hybridized carbons (Fsp3) is 0.700. The molecule has 0 bridgehead atoms. The van der Waals surface area contributed by atoms with E-state index in [-0.39, 0.29) is 12.3 Å². The summed E-state index contributed by atoms with van der Waals surface area (Å²) >= 11 is 0. The minimum Gasteiger partial charge on any atom is -0.487 e. The summed E-state index contributed by atoms with van der Waals surface area (Å²) in [5.74, 6) is 1.03. The molecule has 1 atom stereocenters. The fourth-order valence-electron chi connectivity index (χ4n) is 4.53. The first-order valence-electron chi connectivity index (χ1n) is 9.68. The molecule has 3 aliphatic rings. The summed E-state index contributed by atoms with van der Waals surface area (Å²) in [7, 11) is 0. The summed E-state index contributed by atoms with van der Waals surface area (Å²) in [6, 6.07) is 9.30. The van der Waals surface area contributed by atoms with Crippen molar-refractivity contribution in [2.45, 2.75) is 49.8 Å². The van der Waals surface area contributed by atoms with E-state index in [4.69, 9.17) is 9.47 Å². The number of nitrogens with one attached hydrogen (secondary N) is 1. The van der Waals surface area contributed by atoms with Crippen molar-refractivity contribution >= 4 is 0 Å². The topological polar surface area (TPSA) is 33.7 Å². The molecule has 5 heteroatoms. The van der Waals surface area contributed by atoms with Crippen LogP contribution in [0.1, 0.15) is 43.7 Å². The molecule has 0 aromatic heterocycles. The Morgan fingerprint density at radius 2 is 1.92 bits per heavy atom. The maximum atomic E-state index is 12.6. The minimum absolute atomic E-state index is 0.107. The highest BCUT2D eigenvalue weighted by atomic mass is 19.1. The molecule has 0 unspecified atom stereocenters. The molecule has 3 aliphatic heterocycles. The average Bonchev–Trinajstić information content (AvgIpc) is 2.65. The zero-order valence-corrected chi connectivity index (χ0v) is 14.9. The number of halogens is 1. The summed E-state index contributed by atoms with van der Waals surface area (Å²) in [6.45, 7) is 3.85. The van der Waals surface area contributed by atoms with E-state index in [0.717, 1.165) is 64.2 Å². The summed E-state index contributed by atoms with van der Waals surface area (Å²) in [4.78, 5) is 2.22. The van der Waals surface area contributed by atoms with E-state index in [1.807, 2.05) is 0 Å². The van der Waals surface area contributed by atoms with Gasteiger partial charge >= 0.3 is 0 Å². The van der Waals surface area contributed by atoms with Crippen molar-refractivity contribution in [2.75, 3.05) is 39.5 Å². The molecule has 0 aliphatic carbocycles. The molecule has 3 heterocycles. The lowest BCUT2D eigenvalue weighted by molar-refractivity contribution is -0.0291. The minimum atomic E-state index is -0.259. The number of hydrogen-bond acceptors (Lipinski definition) is 4. The monoisotopic (exact) mass is 348 g/mol.